The van der Waals surface area contributed by atoms with E-state index in [1.165, 1.54) is 12.3 Å². The van der Waals surface area contributed by atoms with Gasteiger partial charge in [0.1, 0.15) is 18.0 Å². The van der Waals surface area contributed by atoms with Crippen molar-refractivity contribution in [3.05, 3.63) is 48.3 Å². The van der Waals surface area contributed by atoms with Crippen LogP contribution >= 0.6 is 0 Å². The van der Waals surface area contributed by atoms with Crippen LogP contribution in [0.5, 0.6) is 0 Å². The van der Waals surface area contributed by atoms with Gasteiger partial charge in [0, 0.05) is 26.3 Å². The van der Waals surface area contributed by atoms with Gasteiger partial charge in [-0.1, -0.05) is 0 Å². The Labute approximate surface area is 136 Å². The van der Waals surface area contributed by atoms with Crippen LogP contribution in [0.2, 0.25) is 0 Å². The number of hydrogen-bond acceptors (Lipinski definition) is 6. The Morgan fingerprint density at radius 3 is 2.96 bits per heavy atom. The number of aromatic nitrogens is 5. The highest BCUT2D eigenvalue weighted by Gasteiger charge is 2.34. The first-order chi connectivity index (χ1) is 11.6. The lowest BCUT2D eigenvalue weighted by Gasteiger charge is -2.44. The summed E-state index contributed by atoms with van der Waals surface area (Å²) in [7, 11) is 1.71. The van der Waals surface area contributed by atoms with Gasteiger partial charge in [-0.25, -0.2) is 4.39 Å². The van der Waals surface area contributed by atoms with E-state index in [1.54, 1.807) is 22.8 Å². The van der Waals surface area contributed by atoms with Gasteiger partial charge in [-0.05, 0) is 18.2 Å². The van der Waals surface area contributed by atoms with Gasteiger partial charge in [-0.15, -0.1) is 15.3 Å². The maximum absolute atomic E-state index is 13.2. The van der Waals surface area contributed by atoms with Gasteiger partial charge in [-0.3, -0.25) is 9.78 Å². The summed E-state index contributed by atoms with van der Waals surface area (Å²) in [4.78, 5) is 19.8. The van der Waals surface area contributed by atoms with Gasteiger partial charge in [0.05, 0.1) is 17.8 Å². The van der Waals surface area contributed by atoms with Crippen molar-refractivity contribution in [3.8, 4) is 0 Å². The summed E-state index contributed by atoms with van der Waals surface area (Å²) in [6, 6.07) is 4.96. The normalized spacial score (nSPS) is 14.7. The van der Waals surface area contributed by atoms with Crippen LogP contribution in [0.25, 0.3) is 5.65 Å². The van der Waals surface area contributed by atoms with Crippen molar-refractivity contribution in [2.24, 2.45) is 0 Å². The molecule has 0 spiro atoms. The fourth-order valence-electron chi connectivity index (χ4n) is 2.67. The number of anilines is 1. The van der Waals surface area contributed by atoms with Crippen molar-refractivity contribution >= 4 is 17.4 Å². The first-order valence-corrected chi connectivity index (χ1v) is 7.41. The second-order valence-corrected chi connectivity index (χ2v) is 5.69. The van der Waals surface area contributed by atoms with Crippen LogP contribution in [0.3, 0.4) is 0 Å². The molecule has 3 aromatic rings. The lowest BCUT2D eigenvalue weighted by Crippen LogP contribution is -2.60. The highest BCUT2D eigenvalue weighted by Crippen LogP contribution is 2.22. The zero-order valence-corrected chi connectivity index (χ0v) is 12.9. The number of halogens is 1. The standard InChI is InChI=1S/C15H14FN7O/c1-21(15(24)10-4-11(16)6-17-5-10)12-7-22(8-12)14-3-2-13-19-18-9-23(13)20-14/h2-6,9,12H,7-8H2,1H3. The van der Waals surface area contributed by atoms with Gasteiger partial charge in [-0.2, -0.15) is 4.52 Å². The van der Waals surface area contributed by atoms with Gasteiger partial charge >= 0.3 is 0 Å². The minimum absolute atomic E-state index is 0.0409. The molecular weight excluding hydrogens is 313 g/mol. The summed E-state index contributed by atoms with van der Waals surface area (Å²) in [5.41, 5.74) is 0.932. The molecule has 24 heavy (non-hydrogen) atoms. The number of carbonyl (C=O) groups excluding carboxylic acids is 1. The number of hydrogen-bond donors (Lipinski definition) is 0. The zero-order valence-electron chi connectivity index (χ0n) is 12.9. The van der Waals surface area contributed by atoms with E-state index >= 15 is 0 Å². The highest BCUT2D eigenvalue weighted by atomic mass is 19.1. The maximum atomic E-state index is 13.2. The Balaban J connectivity index is 1.43. The van der Waals surface area contributed by atoms with Crippen molar-refractivity contribution in [1.82, 2.24) is 29.7 Å². The van der Waals surface area contributed by atoms with E-state index in [2.05, 4.69) is 25.2 Å². The molecule has 1 saturated heterocycles. The Morgan fingerprint density at radius 2 is 2.17 bits per heavy atom. The molecule has 3 aromatic heterocycles. The van der Waals surface area contributed by atoms with Crippen LogP contribution in [0.15, 0.2) is 36.9 Å². The Bertz CT molecular complexity index is 905. The third-order valence-electron chi connectivity index (χ3n) is 4.15. The molecule has 8 nitrogen and oxygen atoms in total. The minimum Gasteiger partial charge on any atom is -0.351 e. The molecule has 1 aliphatic rings. The van der Waals surface area contributed by atoms with Crippen LogP contribution in [-0.4, -0.2) is 61.8 Å². The van der Waals surface area contributed by atoms with E-state index in [0.29, 0.717) is 18.7 Å². The lowest BCUT2D eigenvalue weighted by molar-refractivity contribution is 0.0704. The van der Waals surface area contributed by atoms with Crippen molar-refractivity contribution in [2.75, 3.05) is 25.0 Å². The molecule has 0 aromatic carbocycles. The van der Waals surface area contributed by atoms with Crippen LogP contribution in [0.1, 0.15) is 10.4 Å². The third kappa shape index (κ3) is 2.43. The summed E-state index contributed by atoms with van der Waals surface area (Å²) in [6.45, 7) is 1.32. The average Bonchev–Trinajstić information content (AvgIpc) is 3.00. The molecule has 4 heterocycles. The SMILES string of the molecule is CN(C(=O)c1cncc(F)c1)C1CN(c2ccc3nncn3n2)C1. The van der Waals surface area contributed by atoms with Crippen molar-refractivity contribution in [3.63, 3.8) is 0 Å². The predicted octanol–water partition coefficient (Wildman–Crippen LogP) is 0.619. The van der Waals surface area contributed by atoms with Gasteiger partial charge < -0.3 is 9.80 Å². The predicted molar refractivity (Wildman–Crippen MR) is 83.1 cm³/mol. The summed E-state index contributed by atoms with van der Waals surface area (Å²) >= 11 is 0. The molecule has 122 valence electrons. The first-order valence-electron chi connectivity index (χ1n) is 7.41. The molecule has 0 unspecified atom stereocenters. The fraction of sp³-hybridized carbons (Fsp3) is 0.267. The van der Waals surface area contributed by atoms with E-state index in [1.807, 2.05) is 12.1 Å². The Morgan fingerprint density at radius 1 is 1.33 bits per heavy atom. The van der Waals surface area contributed by atoms with E-state index in [-0.39, 0.29) is 17.5 Å². The number of fused-ring (bicyclic) bond motifs is 1. The Kier molecular flexibility index (Phi) is 3.33. The highest BCUT2D eigenvalue weighted by molar-refractivity contribution is 5.94. The second kappa shape index (κ2) is 5.52. The quantitative estimate of drug-likeness (QED) is 0.702. The molecule has 0 saturated carbocycles. The molecule has 9 heteroatoms. The second-order valence-electron chi connectivity index (χ2n) is 5.69. The number of rotatable bonds is 3. The molecule has 0 aliphatic carbocycles. The van der Waals surface area contributed by atoms with Crippen LogP contribution in [-0.2, 0) is 0 Å². The van der Waals surface area contributed by atoms with E-state index in [9.17, 15) is 9.18 Å². The van der Waals surface area contributed by atoms with Crippen LogP contribution in [0.4, 0.5) is 10.2 Å². The van der Waals surface area contributed by atoms with E-state index in [4.69, 9.17) is 0 Å². The number of nitrogens with zero attached hydrogens (tertiary/aromatic N) is 7. The molecule has 1 amide bonds. The van der Waals surface area contributed by atoms with E-state index in [0.717, 1.165) is 12.0 Å². The number of carbonyl (C=O) groups is 1. The largest absolute Gasteiger partial charge is 0.351 e. The number of amides is 1. The fourth-order valence-corrected chi connectivity index (χ4v) is 2.67. The smallest absolute Gasteiger partial charge is 0.255 e. The zero-order chi connectivity index (χ0) is 16.7. The van der Waals surface area contributed by atoms with E-state index < -0.39 is 5.82 Å². The lowest BCUT2D eigenvalue weighted by atomic mass is 10.1. The third-order valence-corrected chi connectivity index (χ3v) is 4.15. The molecule has 1 aliphatic heterocycles. The molecule has 4 rings (SSSR count). The molecule has 0 atom stereocenters. The van der Waals surface area contributed by atoms with Crippen LogP contribution < -0.4 is 4.90 Å². The monoisotopic (exact) mass is 327 g/mol. The molecule has 0 N–H and O–H groups in total. The maximum Gasteiger partial charge on any atom is 0.255 e. The van der Waals surface area contributed by atoms with Crippen molar-refractivity contribution in [2.45, 2.75) is 6.04 Å². The molecule has 1 fully saturated rings. The summed E-state index contributed by atoms with van der Waals surface area (Å²) < 4.78 is 14.8. The molecule has 0 bridgehead atoms. The molecular formula is C15H14FN7O. The number of pyridine rings is 1. The average molecular weight is 327 g/mol. The first kappa shape index (κ1) is 14.5. The van der Waals surface area contributed by atoms with Crippen LogP contribution in [0, 0.1) is 5.82 Å². The van der Waals surface area contributed by atoms with Gasteiger partial charge in [0.2, 0.25) is 0 Å². The summed E-state index contributed by atoms with van der Waals surface area (Å²) in [6.07, 6.45) is 4.00. The minimum atomic E-state index is -0.518. The van der Waals surface area contributed by atoms with Gasteiger partial charge in [0.15, 0.2) is 5.65 Å². The summed E-state index contributed by atoms with van der Waals surface area (Å²) in [5, 5.41) is 12.1. The molecule has 0 radical (unpaired) electrons. The van der Waals surface area contributed by atoms with Gasteiger partial charge in [0.25, 0.3) is 5.91 Å². The Hall–Kier alpha value is -3.10. The van der Waals surface area contributed by atoms with Crippen molar-refractivity contribution < 1.29 is 9.18 Å². The van der Waals surface area contributed by atoms with Crippen molar-refractivity contribution in [1.29, 1.82) is 0 Å². The summed E-state index contributed by atoms with van der Waals surface area (Å²) in [5.74, 6) is 0.0385. The number of likely N-dealkylation sites (N-methyl/N-ethyl adjacent to an activating group) is 1. The topological polar surface area (TPSA) is 79.5 Å².